The first kappa shape index (κ1) is 63.4. The number of rotatable bonds is 26. The first-order chi connectivity index (χ1) is 38.6. The zero-order valence-electron chi connectivity index (χ0n) is 48.0. The maximum atomic E-state index is 15.2. The fraction of sp³-hybridized carbons (Fsp3) is 0.459. The van der Waals surface area contributed by atoms with Gasteiger partial charge in [0.25, 0.3) is 5.91 Å². The van der Waals surface area contributed by atoms with E-state index in [1.165, 1.54) is 18.9 Å². The summed E-state index contributed by atoms with van der Waals surface area (Å²) in [5, 5.41) is 18.8. The number of hydrogen-bond donors (Lipinski definition) is 6. The molecule has 1 saturated heterocycles. The van der Waals surface area contributed by atoms with Crippen LogP contribution >= 0.6 is 0 Å². The maximum absolute atomic E-state index is 15.2. The Morgan fingerprint density at radius 3 is 1.91 bits per heavy atom. The number of aliphatic carboxylic acids is 1. The van der Waals surface area contributed by atoms with E-state index in [2.05, 4.69) is 27.3 Å². The fourth-order valence-electron chi connectivity index (χ4n) is 9.24. The second kappa shape index (κ2) is 27.8. The predicted molar refractivity (Wildman–Crippen MR) is 311 cm³/mol. The summed E-state index contributed by atoms with van der Waals surface area (Å²) >= 11 is 0. The molecule has 0 bridgehead atoms. The van der Waals surface area contributed by atoms with E-state index in [-0.39, 0.29) is 51.4 Å². The Kier molecular flexibility index (Phi) is 21.5. The van der Waals surface area contributed by atoms with Crippen molar-refractivity contribution < 1.29 is 61.3 Å². The van der Waals surface area contributed by atoms with Crippen LogP contribution in [0.15, 0.2) is 116 Å². The molecular formula is C61H79N7O13S. The summed E-state index contributed by atoms with van der Waals surface area (Å²) in [7, 11) is -2.64. The summed E-state index contributed by atoms with van der Waals surface area (Å²) in [6.07, 6.45) is 5.73. The zero-order chi connectivity index (χ0) is 60.1. The van der Waals surface area contributed by atoms with E-state index in [4.69, 9.17) is 19.9 Å². The highest BCUT2D eigenvalue weighted by atomic mass is 32.2. The van der Waals surface area contributed by atoms with E-state index in [0.29, 0.717) is 41.9 Å². The molecular weight excluding hydrogens is 1070 g/mol. The van der Waals surface area contributed by atoms with Crippen molar-refractivity contribution in [3.63, 3.8) is 0 Å². The first-order valence-electron chi connectivity index (χ1n) is 27.5. The van der Waals surface area contributed by atoms with Crippen LogP contribution in [0.1, 0.15) is 90.8 Å². The topological polar surface area (TPSA) is 282 Å². The van der Waals surface area contributed by atoms with Crippen LogP contribution in [-0.4, -0.2) is 139 Å². The molecule has 1 aliphatic carbocycles. The zero-order valence-corrected chi connectivity index (χ0v) is 48.8. The highest BCUT2D eigenvalue weighted by molar-refractivity contribution is 7.90. The number of nitrogens with one attached hydrogen (secondary N) is 4. The molecule has 82 heavy (non-hydrogen) atoms. The highest BCUT2D eigenvalue weighted by Crippen LogP contribution is 2.32. The molecule has 1 unspecified atom stereocenters. The number of sulfonamides is 1. The van der Waals surface area contributed by atoms with Gasteiger partial charge in [-0.05, 0) is 123 Å². The molecule has 4 aromatic rings. The van der Waals surface area contributed by atoms with Gasteiger partial charge in [-0.2, -0.15) is 0 Å². The lowest BCUT2D eigenvalue weighted by molar-refractivity contribution is -0.145. The van der Waals surface area contributed by atoms with Gasteiger partial charge in [-0.1, -0.05) is 112 Å². The minimum absolute atomic E-state index is 0.0640. The summed E-state index contributed by atoms with van der Waals surface area (Å²) in [6, 6.07) is 19.5. The molecule has 21 heteroatoms. The van der Waals surface area contributed by atoms with Crippen molar-refractivity contribution in [1.82, 2.24) is 30.5 Å². The van der Waals surface area contributed by atoms with Crippen LogP contribution in [0.2, 0.25) is 0 Å². The van der Waals surface area contributed by atoms with Gasteiger partial charge in [0.2, 0.25) is 33.7 Å². The van der Waals surface area contributed by atoms with E-state index in [1.54, 1.807) is 102 Å². The molecule has 7 N–H and O–H groups in total. The SMILES string of the molecule is C=CCOc1ccc(C[C@H](NC(=O)[C@H](Cc2ccc3ccccc3c2)NC(=O)[C@@H]2C[C@H](C/C=C/COc3ccc(CC(N)C(=O)O)cc3)CN2C(=O)[C@@H](NC(=O)[C@H](C)N(C)C(=O)OC(C)(C)C)C(C)(C)C)C(=O)NS(=O)(=O)C2CC2)cc1. The Balaban J connectivity index is 1.29. The number of nitrogens with zero attached hydrogens (tertiary/aromatic N) is 2. The molecule has 6 rings (SSSR count). The van der Waals surface area contributed by atoms with Crippen LogP contribution in [0.5, 0.6) is 11.5 Å². The Labute approximate surface area is 480 Å². The lowest BCUT2D eigenvalue weighted by atomic mass is 9.85. The number of carbonyl (C=O) groups excluding carboxylic acids is 6. The second-order valence-electron chi connectivity index (χ2n) is 23.2. The molecule has 4 aromatic carbocycles. The van der Waals surface area contributed by atoms with E-state index in [0.717, 1.165) is 21.2 Å². The molecule has 1 aliphatic heterocycles. The van der Waals surface area contributed by atoms with E-state index in [1.807, 2.05) is 48.5 Å². The van der Waals surface area contributed by atoms with Gasteiger partial charge in [-0.3, -0.25) is 38.4 Å². The molecule has 7 atom stereocenters. The summed E-state index contributed by atoms with van der Waals surface area (Å²) < 4.78 is 45.5. The van der Waals surface area contributed by atoms with Crippen molar-refractivity contribution in [3.05, 3.63) is 132 Å². The standard InChI is InChI=1S/C61H79N7O13S/c1-10-30-79-45-26-21-40(22-27-45)34-50(55(71)66-82(77,78)47-28-29-47)63-54(70)49(35-41-18-23-43-16-11-12-17-44(43)32-41)64-56(72)51-36-42(15-13-14-31-80-46-24-19-39(20-25-46)33-48(62)58(74)75)37-68(51)57(73)52(60(3,4)5)65-53(69)38(2)67(9)59(76)81-61(6,7)8/h10-14,16-27,32,38,42,47-52H,1,15,28-31,33-37,62H2,2-9H3,(H,63,70)(H,64,72)(H,65,69)(H,66,71)(H,74,75)/b14-13+/t38-,42-,48?,49-,50-,51-,52+/m0/s1. The number of fused-ring (bicyclic) bond motifs is 1. The monoisotopic (exact) mass is 1150 g/mol. The van der Waals surface area contributed by atoms with Gasteiger partial charge in [0.1, 0.15) is 66.6 Å². The number of benzene rings is 4. The van der Waals surface area contributed by atoms with Gasteiger partial charge in [0.05, 0.1) is 5.25 Å². The molecule has 2 aliphatic rings. The summed E-state index contributed by atoms with van der Waals surface area (Å²) in [4.78, 5) is 100. The third kappa shape index (κ3) is 18.4. The Hall–Kier alpha value is -7.78. The van der Waals surface area contributed by atoms with Gasteiger partial charge in [-0.25, -0.2) is 13.2 Å². The summed E-state index contributed by atoms with van der Waals surface area (Å²) in [6.45, 7) is 16.0. The number of ether oxygens (including phenoxy) is 3. The van der Waals surface area contributed by atoms with Crippen LogP contribution in [0.4, 0.5) is 4.79 Å². The van der Waals surface area contributed by atoms with Crippen molar-refractivity contribution >= 4 is 62.4 Å². The summed E-state index contributed by atoms with van der Waals surface area (Å²) in [5.74, 6) is -4.04. The van der Waals surface area contributed by atoms with Crippen molar-refractivity contribution in [3.8, 4) is 11.5 Å². The van der Waals surface area contributed by atoms with Crippen LogP contribution in [0.25, 0.3) is 10.8 Å². The number of carbonyl (C=O) groups is 7. The lowest BCUT2D eigenvalue weighted by Crippen LogP contribution is -2.61. The molecule has 1 heterocycles. The van der Waals surface area contributed by atoms with Gasteiger partial charge in [0.15, 0.2) is 0 Å². The Morgan fingerprint density at radius 2 is 1.33 bits per heavy atom. The number of nitrogens with two attached hydrogens (primary N) is 1. The van der Waals surface area contributed by atoms with Crippen LogP contribution in [-0.2, 0) is 62.8 Å². The lowest BCUT2D eigenvalue weighted by Gasteiger charge is -2.37. The molecule has 0 radical (unpaired) electrons. The number of likely N-dealkylation sites (N-methyl/N-ethyl adjacent to an activating group) is 1. The Morgan fingerprint density at radius 1 is 0.756 bits per heavy atom. The normalized spacial score (nSPS) is 17.4. The fourth-order valence-corrected chi connectivity index (χ4v) is 10.6. The quantitative estimate of drug-likeness (QED) is 0.0409. The average molecular weight is 1150 g/mol. The minimum Gasteiger partial charge on any atom is -0.490 e. The number of amides is 6. The van der Waals surface area contributed by atoms with Crippen LogP contribution in [0, 0.1) is 11.3 Å². The number of likely N-dealkylation sites (tertiary alicyclic amines) is 1. The number of carboxylic acids is 1. The molecule has 2 fully saturated rings. The van der Waals surface area contributed by atoms with E-state index < -0.39 is 104 Å². The van der Waals surface area contributed by atoms with E-state index in [9.17, 15) is 37.5 Å². The van der Waals surface area contributed by atoms with Gasteiger partial charge in [-0.15, -0.1) is 0 Å². The largest absolute Gasteiger partial charge is 0.490 e. The first-order valence-corrected chi connectivity index (χ1v) is 29.0. The smallest absolute Gasteiger partial charge is 0.410 e. The third-order valence-corrected chi connectivity index (χ3v) is 16.0. The predicted octanol–water partition coefficient (Wildman–Crippen LogP) is 5.75. The Bertz CT molecular complexity index is 3080. The van der Waals surface area contributed by atoms with Gasteiger partial charge in [0, 0.05) is 26.4 Å². The molecule has 6 amide bonds. The number of allylic oxidation sites excluding steroid dienone is 1. The molecule has 0 aromatic heterocycles. The highest BCUT2D eigenvalue weighted by Gasteiger charge is 2.46. The molecule has 20 nitrogen and oxygen atoms in total. The molecule has 442 valence electrons. The number of carboxylic acid groups (broad SMARTS) is 1. The minimum atomic E-state index is -4.06. The summed E-state index contributed by atoms with van der Waals surface area (Å²) in [5.41, 5.74) is 5.86. The number of hydrogen-bond acceptors (Lipinski definition) is 13. The molecule has 1 saturated carbocycles. The van der Waals surface area contributed by atoms with Gasteiger partial charge < -0.3 is 45.9 Å². The average Bonchev–Trinajstić information content (AvgIpc) is 4.39. The van der Waals surface area contributed by atoms with E-state index >= 15 is 9.59 Å². The third-order valence-electron chi connectivity index (χ3n) is 14.2. The van der Waals surface area contributed by atoms with Crippen molar-refractivity contribution in [2.45, 2.75) is 141 Å². The van der Waals surface area contributed by atoms with Crippen molar-refractivity contribution in [2.75, 3.05) is 26.8 Å². The van der Waals surface area contributed by atoms with Gasteiger partial charge >= 0.3 is 12.1 Å². The van der Waals surface area contributed by atoms with Crippen LogP contribution in [0.3, 0.4) is 0 Å². The van der Waals surface area contributed by atoms with Crippen LogP contribution < -0.4 is 35.9 Å². The molecule has 0 spiro atoms. The van der Waals surface area contributed by atoms with Crippen molar-refractivity contribution in [1.29, 1.82) is 0 Å². The van der Waals surface area contributed by atoms with Crippen molar-refractivity contribution in [2.24, 2.45) is 17.1 Å². The maximum Gasteiger partial charge on any atom is 0.410 e. The second-order valence-corrected chi connectivity index (χ2v) is 25.1.